The average molecular weight is 220 g/mol. The number of carbonyl (C=O) groups is 1. The van der Waals surface area contributed by atoms with Gasteiger partial charge in [-0.15, -0.1) is 0 Å². The largest absolute Gasteiger partial charge is 0.451 e. The van der Waals surface area contributed by atoms with E-state index in [4.69, 9.17) is 15.0 Å². The lowest BCUT2D eigenvalue weighted by Gasteiger charge is -2.10. The van der Waals surface area contributed by atoms with Crippen molar-refractivity contribution in [2.24, 2.45) is 0 Å². The minimum absolute atomic E-state index is 0.227. The molecule has 0 spiro atoms. The molecular weight excluding hydrogens is 208 g/mol. The van der Waals surface area contributed by atoms with E-state index in [9.17, 15) is 4.79 Å². The fraction of sp³-hybridized carbons (Fsp3) is 0.182. The lowest BCUT2D eigenvalue weighted by atomic mass is 10.2. The van der Waals surface area contributed by atoms with E-state index in [0.717, 1.165) is 10.4 Å². The molecule has 0 saturated carbocycles. The van der Waals surface area contributed by atoms with Crippen molar-refractivity contribution >= 4 is 22.6 Å². The zero-order valence-electron chi connectivity index (χ0n) is 9.06. The van der Waals surface area contributed by atoms with Crippen molar-refractivity contribution in [1.82, 2.24) is 5.06 Å². The van der Waals surface area contributed by atoms with Gasteiger partial charge in [-0.25, -0.2) is 5.06 Å². The molecule has 0 fully saturated rings. The van der Waals surface area contributed by atoms with Gasteiger partial charge in [0.1, 0.15) is 5.58 Å². The van der Waals surface area contributed by atoms with Gasteiger partial charge in [-0.05, 0) is 24.3 Å². The molecular formula is C11H12N2O3. The van der Waals surface area contributed by atoms with Crippen LogP contribution < -0.4 is 5.73 Å². The van der Waals surface area contributed by atoms with Crippen molar-refractivity contribution in [3.8, 4) is 0 Å². The highest BCUT2D eigenvalue weighted by atomic mass is 16.7. The van der Waals surface area contributed by atoms with Crippen molar-refractivity contribution in [3.63, 3.8) is 0 Å². The maximum Gasteiger partial charge on any atom is 0.312 e. The second-order valence-electron chi connectivity index (χ2n) is 3.39. The van der Waals surface area contributed by atoms with Gasteiger partial charge in [0, 0.05) is 18.1 Å². The predicted molar refractivity (Wildman–Crippen MR) is 59.7 cm³/mol. The van der Waals surface area contributed by atoms with Gasteiger partial charge in [0.05, 0.1) is 7.11 Å². The molecule has 0 aliphatic rings. The SMILES string of the molecule is CON(C)C(=O)c1cc2cc(N)ccc2o1. The summed E-state index contributed by atoms with van der Waals surface area (Å²) in [5, 5.41) is 1.90. The number of fused-ring (bicyclic) bond motifs is 1. The van der Waals surface area contributed by atoms with Crippen LogP contribution in [0.2, 0.25) is 0 Å². The maximum absolute atomic E-state index is 11.7. The molecule has 1 aromatic carbocycles. The van der Waals surface area contributed by atoms with Crippen molar-refractivity contribution in [3.05, 3.63) is 30.0 Å². The molecule has 0 radical (unpaired) electrons. The van der Waals surface area contributed by atoms with E-state index in [1.54, 1.807) is 24.3 Å². The first-order valence-electron chi connectivity index (χ1n) is 4.73. The fourth-order valence-corrected chi connectivity index (χ4v) is 1.41. The predicted octanol–water partition coefficient (Wildman–Crippen LogP) is 1.65. The van der Waals surface area contributed by atoms with Crippen molar-refractivity contribution < 1.29 is 14.0 Å². The zero-order chi connectivity index (χ0) is 11.7. The van der Waals surface area contributed by atoms with Crippen LogP contribution in [0.4, 0.5) is 5.69 Å². The Labute approximate surface area is 92.3 Å². The van der Waals surface area contributed by atoms with Crippen LogP contribution in [0.3, 0.4) is 0 Å². The summed E-state index contributed by atoms with van der Waals surface area (Å²) in [5.74, 6) is -0.109. The molecule has 2 aromatic rings. The van der Waals surface area contributed by atoms with Crippen LogP contribution in [0.25, 0.3) is 11.0 Å². The number of anilines is 1. The molecule has 0 bridgehead atoms. The third-order valence-corrected chi connectivity index (χ3v) is 2.31. The fourth-order valence-electron chi connectivity index (χ4n) is 1.41. The molecule has 1 amide bonds. The summed E-state index contributed by atoms with van der Waals surface area (Å²) >= 11 is 0. The number of nitrogen functional groups attached to an aromatic ring is 1. The zero-order valence-corrected chi connectivity index (χ0v) is 9.06. The lowest BCUT2D eigenvalue weighted by Crippen LogP contribution is -2.24. The van der Waals surface area contributed by atoms with Gasteiger partial charge >= 0.3 is 5.91 Å². The quantitative estimate of drug-likeness (QED) is 0.617. The minimum atomic E-state index is -0.336. The number of carbonyl (C=O) groups excluding carboxylic acids is 1. The average Bonchev–Trinajstić information content (AvgIpc) is 2.69. The molecule has 0 saturated heterocycles. The topological polar surface area (TPSA) is 68.7 Å². The second-order valence-corrected chi connectivity index (χ2v) is 3.39. The summed E-state index contributed by atoms with van der Waals surface area (Å²) in [5.41, 5.74) is 6.89. The molecule has 1 heterocycles. The van der Waals surface area contributed by atoms with Gasteiger partial charge < -0.3 is 10.2 Å². The van der Waals surface area contributed by atoms with Crippen LogP contribution >= 0.6 is 0 Å². The van der Waals surface area contributed by atoms with E-state index in [2.05, 4.69) is 0 Å². The number of nitrogens with two attached hydrogens (primary N) is 1. The first-order valence-corrected chi connectivity index (χ1v) is 4.73. The van der Waals surface area contributed by atoms with E-state index in [1.807, 2.05) is 0 Å². The highest BCUT2D eigenvalue weighted by molar-refractivity contribution is 5.96. The summed E-state index contributed by atoms with van der Waals surface area (Å²) < 4.78 is 5.38. The van der Waals surface area contributed by atoms with Crippen molar-refractivity contribution in [2.75, 3.05) is 19.9 Å². The molecule has 84 valence electrons. The molecule has 0 aliphatic heterocycles. The van der Waals surface area contributed by atoms with Crippen LogP contribution in [0, 0.1) is 0 Å². The summed E-state index contributed by atoms with van der Waals surface area (Å²) in [6, 6.07) is 6.85. The third-order valence-electron chi connectivity index (χ3n) is 2.31. The first-order chi connectivity index (χ1) is 7.61. The molecule has 16 heavy (non-hydrogen) atoms. The molecule has 1 aromatic heterocycles. The lowest BCUT2D eigenvalue weighted by molar-refractivity contribution is -0.0772. The first kappa shape index (κ1) is 10.5. The summed E-state index contributed by atoms with van der Waals surface area (Å²) in [4.78, 5) is 16.5. The Morgan fingerprint density at radius 1 is 1.44 bits per heavy atom. The van der Waals surface area contributed by atoms with Gasteiger partial charge in [0.15, 0.2) is 5.76 Å². The number of rotatable bonds is 2. The van der Waals surface area contributed by atoms with Crippen LogP contribution in [-0.4, -0.2) is 25.1 Å². The van der Waals surface area contributed by atoms with Gasteiger partial charge in [0.2, 0.25) is 0 Å². The number of amides is 1. The molecule has 5 heteroatoms. The smallest absolute Gasteiger partial charge is 0.312 e. The Morgan fingerprint density at radius 3 is 2.88 bits per heavy atom. The Hall–Kier alpha value is -2.01. The minimum Gasteiger partial charge on any atom is -0.451 e. The maximum atomic E-state index is 11.7. The number of benzene rings is 1. The molecule has 5 nitrogen and oxygen atoms in total. The number of hydrogen-bond donors (Lipinski definition) is 1. The van der Waals surface area contributed by atoms with Crippen LogP contribution in [0.15, 0.2) is 28.7 Å². The summed E-state index contributed by atoms with van der Waals surface area (Å²) in [7, 11) is 2.93. The van der Waals surface area contributed by atoms with Crippen molar-refractivity contribution in [1.29, 1.82) is 0 Å². The Morgan fingerprint density at radius 2 is 2.19 bits per heavy atom. The van der Waals surface area contributed by atoms with Crippen LogP contribution in [0.1, 0.15) is 10.6 Å². The third kappa shape index (κ3) is 1.72. The number of hydrogen-bond acceptors (Lipinski definition) is 4. The highest BCUT2D eigenvalue weighted by Crippen LogP contribution is 2.22. The summed E-state index contributed by atoms with van der Waals surface area (Å²) in [6.45, 7) is 0. The Balaban J connectivity index is 2.43. The normalized spacial score (nSPS) is 10.6. The molecule has 2 N–H and O–H groups in total. The van der Waals surface area contributed by atoms with Gasteiger partial charge in [0.25, 0.3) is 0 Å². The van der Waals surface area contributed by atoms with Crippen molar-refractivity contribution in [2.45, 2.75) is 0 Å². The molecule has 0 unspecified atom stereocenters. The van der Waals surface area contributed by atoms with Gasteiger partial charge in [-0.2, -0.15) is 0 Å². The standard InChI is InChI=1S/C11H12N2O3/c1-13(15-2)11(14)10-6-7-5-8(12)3-4-9(7)16-10/h3-6H,12H2,1-2H3. The monoisotopic (exact) mass is 220 g/mol. The van der Waals surface area contributed by atoms with Crippen LogP contribution in [0.5, 0.6) is 0 Å². The number of hydroxylamine groups is 2. The van der Waals surface area contributed by atoms with E-state index in [0.29, 0.717) is 11.3 Å². The van der Waals surface area contributed by atoms with Gasteiger partial charge in [-0.1, -0.05) is 0 Å². The van der Waals surface area contributed by atoms with E-state index in [-0.39, 0.29) is 11.7 Å². The highest BCUT2D eigenvalue weighted by Gasteiger charge is 2.16. The van der Waals surface area contributed by atoms with E-state index in [1.165, 1.54) is 14.2 Å². The Kier molecular flexibility index (Phi) is 2.54. The summed E-state index contributed by atoms with van der Waals surface area (Å²) in [6.07, 6.45) is 0. The van der Waals surface area contributed by atoms with Gasteiger partial charge in [-0.3, -0.25) is 9.63 Å². The number of nitrogens with zero attached hydrogens (tertiary/aromatic N) is 1. The second kappa shape index (κ2) is 3.86. The molecule has 2 rings (SSSR count). The molecule has 0 atom stereocenters. The Bertz CT molecular complexity index is 533. The molecule has 0 aliphatic carbocycles. The van der Waals surface area contributed by atoms with Crippen LogP contribution in [-0.2, 0) is 4.84 Å². The van der Waals surface area contributed by atoms with E-state index >= 15 is 0 Å². The number of furan rings is 1. The van der Waals surface area contributed by atoms with E-state index < -0.39 is 0 Å².